The molecule has 0 unspecified atom stereocenters. The van der Waals surface area contributed by atoms with Crippen molar-refractivity contribution in [2.75, 3.05) is 32.8 Å². The zero-order valence-electron chi connectivity index (χ0n) is 27.2. The fourth-order valence-electron chi connectivity index (χ4n) is 5.29. The molecule has 1 aromatic carbocycles. The number of ether oxygens (including phenoxy) is 3. The molecule has 1 saturated carbocycles. The van der Waals surface area contributed by atoms with Crippen molar-refractivity contribution < 1.29 is 38.2 Å². The maximum atomic E-state index is 13.8. The largest absolute Gasteiger partial charge is 0.527 e. The monoisotopic (exact) mass is 639 g/mol. The summed E-state index contributed by atoms with van der Waals surface area (Å²) in [4.78, 5) is 67.7. The van der Waals surface area contributed by atoms with Crippen LogP contribution < -0.4 is 10.1 Å². The molecule has 2 amide bonds. The number of nitrogens with zero attached hydrogens (tertiary/aromatic N) is 4. The maximum absolute atomic E-state index is 13.8. The summed E-state index contributed by atoms with van der Waals surface area (Å²) in [7, 11) is 0. The van der Waals surface area contributed by atoms with E-state index in [0.717, 1.165) is 25.7 Å². The van der Waals surface area contributed by atoms with E-state index < -0.39 is 29.7 Å². The first-order chi connectivity index (χ1) is 22.0. The lowest BCUT2D eigenvalue weighted by atomic mass is 9.98. The second-order valence-electron chi connectivity index (χ2n) is 12.3. The lowest BCUT2D eigenvalue weighted by Gasteiger charge is -2.35. The lowest BCUT2D eigenvalue weighted by Crippen LogP contribution is -2.55. The minimum atomic E-state index is -1.05. The van der Waals surface area contributed by atoms with E-state index in [0.29, 0.717) is 17.3 Å². The van der Waals surface area contributed by atoms with Crippen LogP contribution in [0.2, 0.25) is 0 Å². The highest BCUT2D eigenvalue weighted by Gasteiger charge is 2.32. The zero-order chi connectivity index (χ0) is 33.1. The number of hydroxylamine groups is 2. The van der Waals surface area contributed by atoms with Crippen molar-refractivity contribution in [3.05, 3.63) is 42.1 Å². The van der Waals surface area contributed by atoms with Gasteiger partial charge < -0.3 is 29.3 Å². The van der Waals surface area contributed by atoms with Crippen LogP contribution in [0.15, 0.2) is 36.4 Å². The molecule has 0 bridgehead atoms. The smallest absolute Gasteiger partial charge is 0.474 e. The lowest BCUT2D eigenvalue weighted by molar-refractivity contribution is -0.158. The number of amides is 2. The Morgan fingerprint density at radius 1 is 0.978 bits per heavy atom. The topological polar surface area (TPSA) is 149 Å². The van der Waals surface area contributed by atoms with Crippen molar-refractivity contribution in [3.8, 4) is 17.3 Å². The van der Waals surface area contributed by atoms with Crippen molar-refractivity contribution in [3.63, 3.8) is 0 Å². The Hall–Kier alpha value is -4.26. The maximum Gasteiger partial charge on any atom is 0.527 e. The molecule has 13 heteroatoms. The van der Waals surface area contributed by atoms with Crippen LogP contribution in [0.1, 0.15) is 83.1 Å². The second kappa shape index (κ2) is 16.3. The molecular weight excluding hydrogens is 594 g/mol. The van der Waals surface area contributed by atoms with Crippen molar-refractivity contribution in [1.82, 2.24) is 25.2 Å². The minimum absolute atomic E-state index is 0.00202. The summed E-state index contributed by atoms with van der Waals surface area (Å²) in [5.74, 6) is -0.832. The zero-order valence-corrected chi connectivity index (χ0v) is 27.2. The Morgan fingerprint density at radius 2 is 1.67 bits per heavy atom. The van der Waals surface area contributed by atoms with Gasteiger partial charge in [-0.15, -0.1) is 5.06 Å². The first-order valence-electron chi connectivity index (χ1n) is 16.0. The van der Waals surface area contributed by atoms with Crippen LogP contribution in [0.25, 0.3) is 11.4 Å². The molecule has 2 aromatic rings. The van der Waals surface area contributed by atoms with Crippen LogP contribution in [-0.4, -0.2) is 94.4 Å². The average Bonchev–Trinajstić information content (AvgIpc) is 3.03. The number of hydrogen-bond donors (Lipinski definition) is 1. The van der Waals surface area contributed by atoms with Gasteiger partial charge in [0.25, 0.3) is 5.91 Å². The Labute approximate surface area is 269 Å². The molecule has 13 nitrogen and oxygen atoms in total. The summed E-state index contributed by atoms with van der Waals surface area (Å²) >= 11 is 0. The van der Waals surface area contributed by atoms with E-state index in [1.54, 1.807) is 32.6 Å². The number of esters is 1. The molecule has 4 rings (SSSR count). The molecule has 0 spiro atoms. The molecule has 1 N–H and O–H groups in total. The van der Waals surface area contributed by atoms with E-state index in [4.69, 9.17) is 19.0 Å². The van der Waals surface area contributed by atoms with Gasteiger partial charge in [0.2, 0.25) is 11.8 Å². The highest BCUT2D eigenvalue weighted by Crippen LogP contribution is 2.25. The van der Waals surface area contributed by atoms with Crippen LogP contribution in [0.5, 0.6) is 5.88 Å². The van der Waals surface area contributed by atoms with E-state index in [9.17, 15) is 19.2 Å². The van der Waals surface area contributed by atoms with Crippen LogP contribution in [0.4, 0.5) is 4.79 Å². The summed E-state index contributed by atoms with van der Waals surface area (Å²) in [6, 6.07) is 9.74. The molecule has 1 aliphatic heterocycles. The summed E-state index contributed by atoms with van der Waals surface area (Å²) < 4.78 is 16.5. The molecule has 2 fully saturated rings. The number of carbonyl (C=O) groups excluding carboxylic acids is 4. The number of hydrogen-bond acceptors (Lipinski definition) is 11. The van der Waals surface area contributed by atoms with E-state index >= 15 is 0 Å². The number of rotatable bonds is 11. The Kier molecular flexibility index (Phi) is 12.3. The van der Waals surface area contributed by atoms with Crippen LogP contribution in [0.3, 0.4) is 0 Å². The molecule has 250 valence electrons. The standard InChI is InChI=1S/C33H45N5O8/c1-5-43-32(42)46-38-20-18-37(19-21-38)31(41)25(16-17-28(39)45-33(2,3)4)35-30(40)26-22-27(44-24-14-10-7-11-15-24)36-29(34-26)23-12-8-6-9-13-23/h6,8-9,12-13,22,24-25H,5,7,10-11,14-21H2,1-4H3,(H,35,40)/t25-/m0/s1. The van der Waals surface area contributed by atoms with Gasteiger partial charge in [-0.05, 0) is 59.8 Å². The fraction of sp³-hybridized carbons (Fsp3) is 0.576. The van der Waals surface area contributed by atoms with Crippen molar-refractivity contribution in [2.24, 2.45) is 0 Å². The van der Waals surface area contributed by atoms with E-state index in [2.05, 4.69) is 15.3 Å². The predicted octanol–water partition coefficient (Wildman–Crippen LogP) is 4.31. The highest BCUT2D eigenvalue weighted by molar-refractivity contribution is 5.96. The summed E-state index contributed by atoms with van der Waals surface area (Å²) in [5.41, 5.74) is 0.0621. The quantitative estimate of drug-likeness (QED) is 0.351. The van der Waals surface area contributed by atoms with Crippen LogP contribution in [-0.2, 0) is 23.9 Å². The molecule has 1 saturated heterocycles. The molecule has 46 heavy (non-hydrogen) atoms. The summed E-state index contributed by atoms with van der Waals surface area (Å²) in [6.45, 7) is 8.14. The minimum Gasteiger partial charge on any atom is -0.474 e. The Bertz CT molecular complexity index is 1340. The molecule has 1 atom stereocenters. The molecular formula is C33H45N5O8. The van der Waals surface area contributed by atoms with Crippen LogP contribution in [0, 0.1) is 0 Å². The first kappa shape index (κ1) is 34.6. The van der Waals surface area contributed by atoms with Gasteiger partial charge in [0.15, 0.2) is 5.82 Å². The van der Waals surface area contributed by atoms with Gasteiger partial charge in [-0.3, -0.25) is 14.4 Å². The third-order valence-electron chi connectivity index (χ3n) is 7.48. The van der Waals surface area contributed by atoms with Crippen LogP contribution >= 0.6 is 0 Å². The van der Waals surface area contributed by atoms with Crippen molar-refractivity contribution >= 4 is 23.9 Å². The van der Waals surface area contributed by atoms with E-state index in [1.807, 2.05) is 30.3 Å². The molecule has 2 heterocycles. The van der Waals surface area contributed by atoms with Gasteiger partial charge in [-0.1, -0.05) is 36.8 Å². The first-order valence-corrected chi connectivity index (χ1v) is 16.0. The second-order valence-corrected chi connectivity index (χ2v) is 12.3. The number of nitrogens with one attached hydrogen (secondary N) is 1. The van der Waals surface area contributed by atoms with Gasteiger partial charge in [0, 0.05) is 31.1 Å². The van der Waals surface area contributed by atoms with Gasteiger partial charge >= 0.3 is 12.1 Å². The van der Waals surface area contributed by atoms with Gasteiger partial charge in [-0.25, -0.2) is 9.78 Å². The molecule has 1 aliphatic carbocycles. The number of piperazine rings is 1. The van der Waals surface area contributed by atoms with Gasteiger partial charge in [0.1, 0.15) is 23.4 Å². The number of benzene rings is 1. The SMILES string of the molecule is CCOC(=O)ON1CCN(C(=O)[C@H](CCC(=O)OC(C)(C)C)NC(=O)c2cc(OC3CCCCC3)nc(-c3ccccc3)n2)CC1. The third kappa shape index (κ3) is 10.7. The number of aromatic nitrogens is 2. The van der Waals surface area contributed by atoms with Crippen molar-refractivity contribution in [1.29, 1.82) is 0 Å². The van der Waals surface area contributed by atoms with Gasteiger partial charge in [-0.2, -0.15) is 4.98 Å². The summed E-state index contributed by atoms with van der Waals surface area (Å²) in [6.07, 6.45) is 4.24. The molecule has 2 aliphatic rings. The predicted molar refractivity (Wildman–Crippen MR) is 168 cm³/mol. The van der Waals surface area contributed by atoms with E-state index in [1.165, 1.54) is 17.6 Å². The van der Waals surface area contributed by atoms with Crippen molar-refractivity contribution in [2.45, 2.75) is 90.4 Å². The molecule has 1 aromatic heterocycles. The average molecular weight is 640 g/mol. The number of carbonyl (C=O) groups is 4. The highest BCUT2D eigenvalue weighted by atomic mass is 16.8. The third-order valence-corrected chi connectivity index (χ3v) is 7.48. The fourth-order valence-corrected chi connectivity index (χ4v) is 5.29. The van der Waals surface area contributed by atoms with E-state index in [-0.39, 0.29) is 63.3 Å². The molecule has 0 radical (unpaired) electrons. The summed E-state index contributed by atoms with van der Waals surface area (Å²) in [5, 5.41) is 4.24. The Balaban J connectivity index is 1.52. The Morgan fingerprint density at radius 3 is 2.33 bits per heavy atom. The normalized spacial score (nSPS) is 16.7. The van der Waals surface area contributed by atoms with Gasteiger partial charge in [0.05, 0.1) is 19.7 Å².